The van der Waals surface area contributed by atoms with Crippen molar-refractivity contribution in [2.24, 2.45) is 0 Å². The molecule has 4 rings (SSSR count). The smallest absolute Gasteiger partial charge is 0.353 e. The summed E-state index contributed by atoms with van der Waals surface area (Å²) in [7, 11) is 1.57. The third-order valence-electron chi connectivity index (χ3n) is 3.88. The highest BCUT2D eigenvalue weighted by molar-refractivity contribution is 7.22. The van der Waals surface area contributed by atoms with E-state index in [-0.39, 0.29) is 17.3 Å². The van der Waals surface area contributed by atoms with E-state index in [0.29, 0.717) is 16.6 Å². The highest BCUT2D eigenvalue weighted by atomic mass is 32.1. The molecule has 0 bridgehead atoms. The van der Waals surface area contributed by atoms with Gasteiger partial charge in [-0.25, -0.2) is 15.0 Å². The highest BCUT2D eigenvalue weighted by Gasteiger charge is 2.24. The van der Waals surface area contributed by atoms with E-state index in [4.69, 9.17) is 4.74 Å². The topological polar surface area (TPSA) is 115 Å². The first-order valence-corrected chi connectivity index (χ1v) is 8.99. The molecule has 0 saturated heterocycles. The van der Waals surface area contributed by atoms with Crippen molar-refractivity contribution in [3.8, 4) is 5.75 Å². The van der Waals surface area contributed by atoms with Crippen LogP contribution in [0.3, 0.4) is 0 Å². The summed E-state index contributed by atoms with van der Waals surface area (Å²) in [6.45, 7) is 0. The number of fused-ring (bicyclic) bond motifs is 1. The van der Waals surface area contributed by atoms with Gasteiger partial charge in [0.1, 0.15) is 12.1 Å². The predicted octanol–water partition coefficient (Wildman–Crippen LogP) is 4.49. The van der Waals surface area contributed by atoms with E-state index < -0.39 is 4.92 Å². The Bertz CT molecular complexity index is 1110. The third kappa shape index (κ3) is 3.53. The normalized spacial score (nSPS) is 10.6. The first-order chi connectivity index (χ1) is 13.6. The third-order valence-corrected chi connectivity index (χ3v) is 4.83. The van der Waals surface area contributed by atoms with Crippen molar-refractivity contribution in [3.05, 3.63) is 65.0 Å². The van der Waals surface area contributed by atoms with Gasteiger partial charge in [-0.2, -0.15) is 0 Å². The molecule has 0 saturated carbocycles. The summed E-state index contributed by atoms with van der Waals surface area (Å²) in [5, 5.41) is 18.1. The van der Waals surface area contributed by atoms with Crippen molar-refractivity contribution in [3.63, 3.8) is 0 Å². The number of anilines is 4. The molecule has 0 aliphatic heterocycles. The van der Waals surface area contributed by atoms with Gasteiger partial charge in [-0.15, -0.1) is 0 Å². The molecule has 9 nitrogen and oxygen atoms in total. The molecule has 28 heavy (non-hydrogen) atoms. The van der Waals surface area contributed by atoms with Crippen LogP contribution in [0.2, 0.25) is 0 Å². The van der Waals surface area contributed by atoms with Crippen LogP contribution in [0.4, 0.5) is 28.1 Å². The quantitative estimate of drug-likeness (QED) is 0.363. The summed E-state index contributed by atoms with van der Waals surface area (Å²) in [5.41, 5.74) is 1.18. The fraction of sp³-hybridized carbons (Fsp3) is 0.0556. The molecule has 0 aliphatic carbocycles. The Kier molecular flexibility index (Phi) is 4.68. The Hall–Kier alpha value is -3.79. The van der Waals surface area contributed by atoms with Crippen molar-refractivity contribution < 1.29 is 9.66 Å². The lowest BCUT2D eigenvalue weighted by Crippen LogP contribution is -2.05. The van der Waals surface area contributed by atoms with E-state index in [1.54, 1.807) is 31.4 Å². The summed E-state index contributed by atoms with van der Waals surface area (Å²) in [6.07, 6.45) is 1.26. The van der Waals surface area contributed by atoms with Crippen LogP contribution in [-0.4, -0.2) is 27.0 Å². The molecule has 0 aliphatic rings. The van der Waals surface area contributed by atoms with E-state index >= 15 is 0 Å². The van der Waals surface area contributed by atoms with Gasteiger partial charge in [0.05, 0.1) is 22.2 Å². The van der Waals surface area contributed by atoms with Crippen molar-refractivity contribution in [1.82, 2.24) is 15.0 Å². The van der Waals surface area contributed by atoms with Gasteiger partial charge in [-0.3, -0.25) is 10.1 Å². The van der Waals surface area contributed by atoms with Gasteiger partial charge in [0.2, 0.25) is 11.6 Å². The summed E-state index contributed by atoms with van der Waals surface area (Å²) < 4.78 is 6.08. The van der Waals surface area contributed by atoms with Crippen LogP contribution < -0.4 is 15.4 Å². The van der Waals surface area contributed by atoms with Crippen molar-refractivity contribution >= 4 is 49.7 Å². The number of aromatic nitrogens is 3. The molecular weight excluding hydrogens is 380 g/mol. The standard InChI is InChI=1S/C18H14N6O3S/c1-27-12-8-6-11(7-9-12)21-16-15(24(25)26)17(20-10-19-16)23-18-22-13-4-2-3-5-14(13)28-18/h2-10H,1H3,(H2,19,20,21,22,23). The fourth-order valence-electron chi connectivity index (χ4n) is 2.57. The predicted molar refractivity (Wildman–Crippen MR) is 108 cm³/mol. The lowest BCUT2D eigenvalue weighted by molar-refractivity contribution is -0.383. The zero-order valence-corrected chi connectivity index (χ0v) is 15.4. The number of ether oxygens (including phenoxy) is 1. The van der Waals surface area contributed by atoms with Gasteiger partial charge in [0.15, 0.2) is 5.13 Å². The second-order valence-electron chi connectivity index (χ2n) is 5.64. The average Bonchev–Trinajstić information content (AvgIpc) is 3.11. The molecule has 0 atom stereocenters. The second kappa shape index (κ2) is 7.45. The van der Waals surface area contributed by atoms with Crippen molar-refractivity contribution in [1.29, 1.82) is 0 Å². The maximum atomic E-state index is 11.7. The molecule has 2 heterocycles. The largest absolute Gasteiger partial charge is 0.497 e. The monoisotopic (exact) mass is 394 g/mol. The number of nitro groups is 1. The zero-order chi connectivity index (χ0) is 19.5. The molecule has 0 spiro atoms. The Morgan fingerprint density at radius 2 is 1.75 bits per heavy atom. The van der Waals surface area contributed by atoms with Crippen molar-refractivity contribution in [2.45, 2.75) is 0 Å². The van der Waals surface area contributed by atoms with Crippen LogP contribution in [0.5, 0.6) is 5.75 Å². The van der Waals surface area contributed by atoms with E-state index in [1.807, 2.05) is 24.3 Å². The molecule has 140 valence electrons. The van der Waals surface area contributed by atoms with E-state index in [2.05, 4.69) is 25.6 Å². The fourth-order valence-corrected chi connectivity index (χ4v) is 3.44. The number of hydrogen-bond donors (Lipinski definition) is 2. The number of thiazole rings is 1. The molecule has 0 unspecified atom stereocenters. The molecule has 2 N–H and O–H groups in total. The summed E-state index contributed by atoms with van der Waals surface area (Å²) in [5.74, 6) is 0.824. The second-order valence-corrected chi connectivity index (χ2v) is 6.67. The summed E-state index contributed by atoms with van der Waals surface area (Å²) in [6, 6.07) is 14.6. The van der Waals surface area contributed by atoms with Crippen LogP contribution in [0.25, 0.3) is 10.2 Å². The lowest BCUT2D eigenvalue weighted by Gasteiger charge is -2.09. The minimum Gasteiger partial charge on any atom is -0.497 e. The first-order valence-electron chi connectivity index (χ1n) is 8.17. The van der Waals surface area contributed by atoms with E-state index in [0.717, 1.165) is 10.2 Å². The van der Waals surface area contributed by atoms with E-state index in [1.165, 1.54) is 17.7 Å². The lowest BCUT2D eigenvalue weighted by atomic mass is 10.3. The van der Waals surface area contributed by atoms with Crippen LogP contribution in [-0.2, 0) is 0 Å². The van der Waals surface area contributed by atoms with Crippen LogP contribution in [0, 0.1) is 10.1 Å². The molecule has 0 radical (unpaired) electrons. The maximum Gasteiger partial charge on any atom is 0.353 e. The average molecular weight is 394 g/mol. The van der Waals surface area contributed by atoms with Gasteiger partial charge < -0.3 is 15.4 Å². The van der Waals surface area contributed by atoms with Gasteiger partial charge in [-0.05, 0) is 36.4 Å². The molecule has 4 aromatic rings. The van der Waals surface area contributed by atoms with Gasteiger partial charge >= 0.3 is 5.69 Å². The minimum absolute atomic E-state index is 0.0649. The number of hydrogen-bond acceptors (Lipinski definition) is 9. The van der Waals surface area contributed by atoms with Crippen molar-refractivity contribution in [2.75, 3.05) is 17.7 Å². The van der Waals surface area contributed by atoms with Crippen LogP contribution in [0.15, 0.2) is 54.9 Å². The molecule has 2 aromatic heterocycles. The Labute approximate surface area is 163 Å². The number of methoxy groups -OCH3 is 1. The zero-order valence-electron chi connectivity index (χ0n) is 14.6. The number of para-hydroxylation sites is 1. The maximum absolute atomic E-state index is 11.7. The first kappa shape index (κ1) is 17.6. The minimum atomic E-state index is -0.526. The molecule has 2 aromatic carbocycles. The van der Waals surface area contributed by atoms with E-state index in [9.17, 15) is 10.1 Å². The number of nitrogens with one attached hydrogen (secondary N) is 2. The summed E-state index contributed by atoms with van der Waals surface area (Å²) >= 11 is 1.39. The Morgan fingerprint density at radius 3 is 2.43 bits per heavy atom. The van der Waals surface area contributed by atoms with Gasteiger partial charge in [0, 0.05) is 5.69 Å². The van der Waals surface area contributed by atoms with Crippen LogP contribution in [0.1, 0.15) is 0 Å². The molecule has 0 fully saturated rings. The SMILES string of the molecule is COc1ccc(Nc2ncnc(Nc3nc4ccccc4s3)c2[N+](=O)[O-])cc1. The number of rotatable bonds is 6. The molecular formula is C18H14N6O3S. The Morgan fingerprint density at radius 1 is 1.04 bits per heavy atom. The summed E-state index contributed by atoms with van der Waals surface area (Å²) in [4.78, 5) is 23.7. The van der Waals surface area contributed by atoms with Gasteiger partial charge in [-0.1, -0.05) is 23.5 Å². The molecule has 0 amide bonds. The van der Waals surface area contributed by atoms with Crippen LogP contribution >= 0.6 is 11.3 Å². The van der Waals surface area contributed by atoms with Gasteiger partial charge in [0.25, 0.3) is 0 Å². The number of benzene rings is 2. The highest BCUT2D eigenvalue weighted by Crippen LogP contribution is 2.35. The Balaban J connectivity index is 1.67. The molecule has 10 heteroatoms. The number of nitrogens with zero attached hydrogens (tertiary/aromatic N) is 4.